The molecule has 2 aromatic carbocycles. The molecule has 0 bridgehead atoms. The molecular weight excluding hydrogens is 413 g/mol. The van der Waals surface area contributed by atoms with Gasteiger partial charge < -0.3 is 5.32 Å². The summed E-state index contributed by atoms with van der Waals surface area (Å²) in [6, 6.07) is 13.4. The highest BCUT2D eigenvalue weighted by molar-refractivity contribution is 9.10. The number of hydrogen-bond acceptors (Lipinski definition) is 4. The summed E-state index contributed by atoms with van der Waals surface area (Å²) in [5.74, 6) is 0.575. The van der Waals surface area contributed by atoms with Crippen molar-refractivity contribution >= 4 is 50.8 Å². The van der Waals surface area contributed by atoms with E-state index in [1.54, 1.807) is 10.7 Å². The molecule has 0 spiro atoms. The van der Waals surface area contributed by atoms with Gasteiger partial charge in [0.1, 0.15) is 6.04 Å². The number of fused-ring (bicyclic) bond motifs is 1. The Morgan fingerprint density at radius 2 is 1.83 bits per heavy atom. The Balaban J connectivity index is 1.81. The normalized spacial score (nSPS) is 16.3. The second kappa shape index (κ2) is 6.20. The third-order valence-electron chi connectivity index (χ3n) is 3.77. The number of tetrazole rings is 1. The van der Waals surface area contributed by atoms with Crippen LogP contribution in [0.4, 0.5) is 5.95 Å². The van der Waals surface area contributed by atoms with Crippen LogP contribution in [0.2, 0.25) is 10.0 Å². The molecule has 0 unspecified atom stereocenters. The fourth-order valence-electron chi connectivity index (χ4n) is 2.59. The van der Waals surface area contributed by atoms with Gasteiger partial charge in [-0.05, 0) is 51.9 Å². The smallest absolute Gasteiger partial charge is 0.248 e. The van der Waals surface area contributed by atoms with Gasteiger partial charge >= 0.3 is 0 Å². The van der Waals surface area contributed by atoms with Gasteiger partial charge in [-0.25, -0.2) is 0 Å². The number of hydrogen-bond donors (Lipinski definition) is 1. The first-order valence-electron chi connectivity index (χ1n) is 7.09. The summed E-state index contributed by atoms with van der Waals surface area (Å²) < 4.78 is 2.73. The van der Waals surface area contributed by atoms with Crippen molar-refractivity contribution in [1.29, 1.82) is 0 Å². The molecule has 0 saturated carbocycles. The lowest BCUT2D eigenvalue weighted by Gasteiger charge is -2.23. The van der Waals surface area contributed by atoms with Crippen LogP contribution in [0.25, 0.3) is 5.70 Å². The summed E-state index contributed by atoms with van der Waals surface area (Å²) in [5, 5.41) is 16.2. The largest absolute Gasteiger partial charge is 0.323 e. The van der Waals surface area contributed by atoms with E-state index in [-0.39, 0.29) is 6.04 Å². The maximum absolute atomic E-state index is 6.17. The Hall–Kier alpha value is -1.89. The number of anilines is 1. The lowest BCUT2D eigenvalue weighted by Crippen LogP contribution is -2.20. The maximum atomic E-state index is 6.17. The molecule has 3 aromatic rings. The second-order valence-corrected chi connectivity index (χ2v) is 7.01. The molecule has 1 N–H and O–H groups in total. The predicted octanol–water partition coefficient (Wildman–Crippen LogP) is 4.80. The highest BCUT2D eigenvalue weighted by Gasteiger charge is 2.24. The van der Waals surface area contributed by atoms with E-state index in [0.717, 1.165) is 21.3 Å². The monoisotopic (exact) mass is 421 g/mol. The Morgan fingerprint density at radius 3 is 2.58 bits per heavy atom. The van der Waals surface area contributed by atoms with E-state index >= 15 is 0 Å². The minimum Gasteiger partial charge on any atom is -0.323 e. The topological polar surface area (TPSA) is 55.6 Å². The van der Waals surface area contributed by atoms with Gasteiger partial charge in [0.2, 0.25) is 5.95 Å². The minimum atomic E-state index is -0.176. The molecule has 2 heterocycles. The van der Waals surface area contributed by atoms with Crippen LogP contribution < -0.4 is 5.32 Å². The van der Waals surface area contributed by atoms with Crippen LogP contribution in [0, 0.1) is 0 Å². The van der Waals surface area contributed by atoms with Gasteiger partial charge in [-0.1, -0.05) is 62.4 Å². The highest BCUT2D eigenvalue weighted by Crippen LogP contribution is 2.34. The van der Waals surface area contributed by atoms with E-state index in [1.807, 2.05) is 36.4 Å². The lowest BCUT2D eigenvalue weighted by atomic mass is 10.0. The molecule has 4 rings (SSSR count). The summed E-state index contributed by atoms with van der Waals surface area (Å²) in [4.78, 5) is 0. The van der Waals surface area contributed by atoms with Crippen molar-refractivity contribution in [2.45, 2.75) is 6.04 Å². The van der Waals surface area contributed by atoms with Crippen molar-refractivity contribution < 1.29 is 0 Å². The summed E-state index contributed by atoms with van der Waals surface area (Å²) in [5.41, 5.74) is 2.92. The molecule has 0 aliphatic carbocycles. The van der Waals surface area contributed by atoms with Crippen LogP contribution in [0.15, 0.2) is 53.0 Å². The molecule has 1 aliphatic rings. The standard InChI is InChI=1S/C16H10BrCl2N5/c17-11-4-1-9(2-5-11)14-8-15(24-16(20-14)21-22-23-24)10-3-6-12(18)13(19)7-10/h1-8,15H,(H,20,21,23)/t15-/m0/s1. The van der Waals surface area contributed by atoms with Gasteiger partial charge in [-0.2, -0.15) is 4.68 Å². The first-order valence-corrected chi connectivity index (χ1v) is 8.64. The Bertz CT molecular complexity index is 936. The van der Waals surface area contributed by atoms with Crippen molar-refractivity contribution in [3.05, 3.63) is 74.2 Å². The lowest BCUT2D eigenvalue weighted by molar-refractivity contribution is 0.586. The Labute approximate surface area is 156 Å². The quantitative estimate of drug-likeness (QED) is 0.644. The number of benzene rings is 2. The predicted molar refractivity (Wildman–Crippen MR) is 98.2 cm³/mol. The highest BCUT2D eigenvalue weighted by atomic mass is 79.9. The Kier molecular flexibility index (Phi) is 4.04. The van der Waals surface area contributed by atoms with Crippen LogP contribution in [0.5, 0.6) is 0 Å². The number of aromatic nitrogens is 4. The van der Waals surface area contributed by atoms with Crippen LogP contribution in [0.1, 0.15) is 17.2 Å². The third kappa shape index (κ3) is 2.81. The number of halogens is 3. The molecule has 120 valence electrons. The third-order valence-corrected chi connectivity index (χ3v) is 5.04. The van der Waals surface area contributed by atoms with Gasteiger partial charge in [0, 0.05) is 10.2 Å². The molecule has 1 atom stereocenters. The molecule has 1 aliphatic heterocycles. The van der Waals surface area contributed by atoms with Gasteiger partial charge in [0.05, 0.1) is 10.0 Å². The summed E-state index contributed by atoms with van der Waals surface area (Å²) in [7, 11) is 0. The number of nitrogens with zero attached hydrogens (tertiary/aromatic N) is 4. The average molecular weight is 423 g/mol. The molecule has 8 heteroatoms. The van der Waals surface area contributed by atoms with E-state index in [0.29, 0.717) is 16.0 Å². The van der Waals surface area contributed by atoms with E-state index in [2.05, 4.69) is 42.8 Å². The first-order chi connectivity index (χ1) is 11.6. The average Bonchev–Trinajstić information content (AvgIpc) is 3.06. The van der Waals surface area contributed by atoms with Crippen LogP contribution in [-0.2, 0) is 0 Å². The SMILES string of the molecule is Clc1ccc([C@@H]2C=C(c3ccc(Br)cc3)Nc3nnnn32)cc1Cl. The molecule has 0 saturated heterocycles. The molecule has 0 fully saturated rings. The van der Waals surface area contributed by atoms with Crippen molar-refractivity contribution in [3.8, 4) is 0 Å². The van der Waals surface area contributed by atoms with Gasteiger partial charge in [0.25, 0.3) is 0 Å². The number of allylic oxidation sites excluding steroid dienone is 1. The van der Waals surface area contributed by atoms with Crippen LogP contribution in [0.3, 0.4) is 0 Å². The van der Waals surface area contributed by atoms with E-state index in [4.69, 9.17) is 23.2 Å². The first kappa shape index (κ1) is 15.6. The van der Waals surface area contributed by atoms with Crippen LogP contribution in [-0.4, -0.2) is 20.2 Å². The van der Waals surface area contributed by atoms with Crippen molar-refractivity contribution in [1.82, 2.24) is 20.2 Å². The summed E-state index contributed by atoms with van der Waals surface area (Å²) in [6.45, 7) is 0. The number of nitrogens with one attached hydrogen (secondary N) is 1. The minimum absolute atomic E-state index is 0.176. The molecule has 24 heavy (non-hydrogen) atoms. The molecule has 0 amide bonds. The zero-order valence-corrected chi connectivity index (χ0v) is 15.2. The van der Waals surface area contributed by atoms with E-state index in [1.165, 1.54) is 0 Å². The Morgan fingerprint density at radius 1 is 1.04 bits per heavy atom. The summed E-state index contributed by atoms with van der Waals surface area (Å²) in [6.07, 6.45) is 2.06. The van der Waals surface area contributed by atoms with Crippen LogP contribution >= 0.6 is 39.1 Å². The zero-order chi connectivity index (χ0) is 16.7. The fourth-order valence-corrected chi connectivity index (χ4v) is 3.16. The van der Waals surface area contributed by atoms with Gasteiger partial charge in [-0.15, -0.1) is 0 Å². The van der Waals surface area contributed by atoms with Crippen molar-refractivity contribution in [2.24, 2.45) is 0 Å². The van der Waals surface area contributed by atoms with Crippen molar-refractivity contribution in [3.63, 3.8) is 0 Å². The molecule has 1 aromatic heterocycles. The fraction of sp³-hybridized carbons (Fsp3) is 0.0625. The van der Waals surface area contributed by atoms with E-state index in [9.17, 15) is 0 Å². The number of rotatable bonds is 2. The zero-order valence-electron chi connectivity index (χ0n) is 12.1. The van der Waals surface area contributed by atoms with Gasteiger partial charge in [0.15, 0.2) is 0 Å². The molecule has 5 nitrogen and oxygen atoms in total. The molecule has 0 radical (unpaired) electrons. The maximum Gasteiger partial charge on any atom is 0.248 e. The van der Waals surface area contributed by atoms with E-state index < -0.39 is 0 Å². The van der Waals surface area contributed by atoms with Crippen molar-refractivity contribution in [2.75, 3.05) is 5.32 Å². The molecular formula is C16H10BrCl2N5. The van der Waals surface area contributed by atoms with Gasteiger partial charge in [-0.3, -0.25) is 0 Å². The summed E-state index contributed by atoms with van der Waals surface area (Å²) >= 11 is 15.6. The second-order valence-electron chi connectivity index (χ2n) is 5.28.